The zero-order valence-corrected chi connectivity index (χ0v) is 42.8. The number of rotatable bonds is 5. The van der Waals surface area contributed by atoms with E-state index in [1.165, 1.54) is 99.8 Å². The van der Waals surface area contributed by atoms with Crippen LogP contribution in [0.2, 0.25) is 0 Å². The predicted molar refractivity (Wildman–Crippen MR) is 298 cm³/mol. The van der Waals surface area contributed by atoms with Crippen molar-refractivity contribution in [1.82, 2.24) is 0 Å². The Morgan fingerprint density at radius 2 is 0.859 bits per heavy atom. The molecule has 10 aromatic rings. The Hall–Kier alpha value is -7.42. The first-order valence-corrected chi connectivity index (χ1v) is 25.6. The molecular weight excluding hydrogens is 859 g/mol. The molecule has 0 amide bonds. The van der Waals surface area contributed by atoms with Crippen LogP contribution >= 0.6 is 0 Å². The molecule has 0 saturated carbocycles. The lowest BCUT2D eigenvalue weighted by molar-refractivity contribution is 0.559. The lowest BCUT2D eigenvalue weighted by atomic mass is 9.67. The van der Waals surface area contributed by atoms with Crippen molar-refractivity contribution in [2.45, 2.75) is 96.3 Å². The fourth-order valence-corrected chi connectivity index (χ4v) is 13.1. The van der Waals surface area contributed by atoms with Gasteiger partial charge in [0, 0.05) is 44.2 Å². The maximum Gasteiger partial charge on any atom is 0.139 e. The van der Waals surface area contributed by atoms with Crippen molar-refractivity contribution < 1.29 is 4.42 Å². The summed E-state index contributed by atoms with van der Waals surface area (Å²) >= 11 is 0. The van der Waals surface area contributed by atoms with Crippen LogP contribution in [0.4, 0.5) is 17.1 Å². The van der Waals surface area contributed by atoms with E-state index in [9.17, 15) is 0 Å². The Labute approximate surface area is 419 Å². The maximum atomic E-state index is 6.97. The Morgan fingerprint density at radius 1 is 0.366 bits per heavy atom. The van der Waals surface area contributed by atoms with E-state index in [1.807, 2.05) is 0 Å². The summed E-state index contributed by atoms with van der Waals surface area (Å²) in [6, 6.07) is 71.6. The Kier molecular flexibility index (Phi) is 9.09. The smallest absolute Gasteiger partial charge is 0.139 e. The van der Waals surface area contributed by atoms with Crippen LogP contribution < -0.4 is 4.90 Å². The molecule has 0 spiro atoms. The molecule has 9 aromatic carbocycles. The normalized spacial score (nSPS) is 15.5. The summed E-state index contributed by atoms with van der Waals surface area (Å²) in [5.41, 5.74) is 25.2. The number of anilines is 3. The van der Waals surface area contributed by atoms with Crippen LogP contribution in [0, 0.1) is 0 Å². The van der Waals surface area contributed by atoms with Crippen molar-refractivity contribution in [1.29, 1.82) is 0 Å². The highest BCUT2D eigenvalue weighted by molar-refractivity contribution is 6.09. The van der Waals surface area contributed by atoms with Gasteiger partial charge in [-0.15, -0.1) is 0 Å². The first kappa shape index (κ1) is 43.6. The molecule has 13 rings (SSSR count). The van der Waals surface area contributed by atoms with Crippen LogP contribution in [0.1, 0.15) is 125 Å². The number of nitrogens with zero attached hydrogens (tertiary/aromatic N) is 1. The molecule has 1 heterocycles. The van der Waals surface area contributed by atoms with Gasteiger partial charge >= 0.3 is 0 Å². The molecule has 71 heavy (non-hydrogen) atoms. The Morgan fingerprint density at radius 3 is 1.46 bits per heavy atom. The molecule has 0 atom stereocenters. The lowest BCUT2D eigenvalue weighted by Crippen LogP contribution is -2.28. The monoisotopic (exact) mass is 919 g/mol. The third-order valence-corrected chi connectivity index (χ3v) is 16.8. The van der Waals surface area contributed by atoms with Gasteiger partial charge in [-0.2, -0.15) is 0 Å². The van der Waals surface area contributed by atoms with Crippen LogP contribution in [-0.2, 0) is 27.1 Å². The Balaban J connectivity index is 1.02. The standard InChI is InChI=1S/C69H61NO/c1-65(2,3)44-36-55-54-40-61-53(41-63(54)71-64(55)62(37-44)66(4,5)6)52-34-32-47(39-60(52)68(61,9)10)70(46-31-33-51-48-25-14-17-28-56(48)67(7,8)59(51)38-46)45-24-20-23-43(35-45)69(42-21-12-11-13-22-42)57-29-18-15-26-49(57)50-27-16-19-30-58(50)69/h11-41H,1-10H3. The average molecular weight is 920 g/mol. The average Bonchev–Trinajstić information content (AvgIpc) is 4.02. The molecule has 3 aliphatic rings. The van der Waals surface area contributed by atoms with Gasteiger partial charge in [-0.25, -0.2) is 0 Å². The van der Waals surface area contributed by atoms with Crippen LogP contribution in [0.25, 0.3) is 55.3 Å². The predicted octanol–water partition coefficient (Wildman–Crippen LogP) is 18.6. The fraction of sp³-hybridized carbons (Fsp3) is 0.217. The third kappa shape index (κ3) is 6.13. The number of furan rings is 1. The summed E-state index contributed by atoms with van der Waals surface area (Å²) in [5.74, 6) is 0. The number of hydrogen-bond acceptors (Lipinski definition) is 2. The van der Waals surface area contributed by atoms with Gasteiger partial charge in [-0.1, -0.05) is 203 Å². The quantitative estimate of drug-likeness (QED) is 0.171. The van der Waals surface area contributed by atoms with Gasteiger partial charge < -0.3 is 9.32 Å². The first-order valence-electron chi connectivity index (χ1n) is 25.6. The van der Waals surface area contributed by atoms with Gasteiger partial charge in [0.2, 0.25) is 0 Å². The van der Waals surface area contributed by atoms with E-state index in [4.69, 9.17) is 4.42 Å². The third-order valence-electron chi connectivity index (χ3n) is 16.8. The molecule has 0 unspecified atom stereocenters. The molecule has 2 nitrogen and oxygen atoms in total. The highest BCUT2D eigenvalue weighted by Crippen LogP contribution is 2.58. The van der Waals surface area contributed by atoms with E-state index in [-0.39, 0.29) is 21.7 Å². The van der Waals surface area contributed by atoms with E-state index in [2.05, 4.69) is 262 Å². The van der Waals surface area contributed by atoms with E-state index in [0.29, 0.717) is 0 Å². The van der Waals surface area contributed by atoms with Crippen molar-refractivity contribution in [2.24, 2.45) is 0 Å². The highest BCUT2D eigenvalue weighted by atomic mass is 16.3. The topological polar surface area (TPSA) is 16.4 Å². The minimum Gasteiger partial charge on any atom is -0.456 e. The van der Waals surface area contributed by atoms with E-state index in [0.717, 1.165) is 28.2 Å². The molecule has 348 valence electrons. The van der Waals surface area contributed by atoms with E-state index >= 15 is 0 Å². The minimum absolute atomic E-state index is 0.00140. The molecule has 1 aromatic heterocycles. The summed E-state index contributed by atoms with van der Waals surface area (Å²) in [6.07, 6.45) is 0. The van der Waals surface area contributed by atoms with Gasteiger partial charge in [-0.05, 0) is 149 Å². The zero-order chi connectivity index (χ0) is 49.0. The van der Waals surface area contributed by atoms with Gasteiger partial charge in [0.1, 0.15) is 11.2 Å². The van der Waals surface area contributed by atoms with Crippen molar-refractivity contribution in [3.63, 3.8) is 0 Å². The van der Waals surface area contributed by atoms with Crippen LogP contribution in [0.5, 0.6) is 0 Å². The molecule has 0 radical (unpaired) electrons. The van der Waals surface area contributed by atoms with Crippen LogP contribution in [0.3, 0.4) is 0 Å². The van der Waals surface area contributed by atoms with Crippen LogP contribution in [-0.4, -0.2) is 0 Å². The van der Waals surface area contributed by atoms with Gasteiger partial charge in [-0.3, -0.25) is 0 Å². The van der Waals surface area contributed by atoms with E-state index < -0.39 is 5.41 Å². The molecule has 2 heteroatoms. The van der Waals surface area contributed by atoms with Crippen molar-refractivity contribution in [3.8, 4) is 33.4 Å². The maximum absolute atomic E-state index is 6.97. The Bertz CT molecular complexity index is 3800. The number of benzene rings is 9. The van der Waals surface area contributed by atoms with Crippen molar-refractivity contribution >= 4 is 39.0 Å². The minimum atomic E-state index is -0.526. The first-order chi connectivity index (χ1) is 34.0. The summed E-state index contributed by atoms with van der Waals surface area (Å²) in [6.45, 7) is 23.4. The SMILES string of the molecule is CC(C)(C)c1cc(C(C)(C)C)c2oc3cc4c(cc3c2c1)C(C)(C)c1cc(N(c2cccc(C3(c5ccccc5)c5ccccc5-c5ccccc53)c2)c2ccc3c(c2)C(C)(C)c2ccccc2-3)ccc1-4. The van der Waals surface area contributed by atoms with Gasteiger partial charge in [0.15, 0.2) is 0 Å². The number of hydrogen-bond donors (Lipinski definition) is 0. The number of fused-ring (bicyclic) bond motifs is 12. The molecule has 0 N–H and O–H groups in total. The highest BCUT2D eigenvalue weighted by Gasteiger charge is 2.46. The largest absolute Gasteiger partial charge is 0.456 e. The fourth-order valence-electron chi connectivity index (χ4n) is 13.1. The van der Waals surface area contributed by atoms with Crippen molar-refractivity contribution in [3.05, 3.63) is 244 Å². The molecule has 0 saturated heterocycles. The van der Waals surface area contributed by atoms with Gasteiger partial charge in [0.25, 0.3) is 0 Å². The van der Waals surface area contributed by atoms with Gasteiger partial charge in [0.05, 0.1) is 5.41 Å². The molecule has 3 aliphatic carbocycles. The lowest BCUT2D eigenvalue weighted by Gasteiger charge is -2.35. The second-order valence-electron chi connectivity index (χ2n) is 23.7. The summed E-state index contributed by atoms with van der Waals surface area (Å²) in [7, 11) is 0. The van der Waals surface area contributed by atoms with Crippen molar-refractivity contribution in [2.75, 3.05) is 4.90 Å². The summed E-state index contributed by atoms with van der Waals surface area (Å²) in [5, 5.41) is 2.40. The summed E-state index contributed by atoms with van der Waals surface area (Å²) in [4.78, 5) is 2.52. The molecule has 0 bridgehead atoms. The van der Waals surface area contributed by atoms with E-state index in [1.54, 1.807) is 0 Å². The molecule has 0 fully saturated rings. The van der Waals surface area contributed by atoms with Crippen LogP contribution in [0.15, 0.2) is 192 Å². The summed E-state index contributed by atoms with van der Waals surface area (Å²) < 4.78 is 6.97. The molecular formula is C69H61NO. The zero-order valence-electron chi connectivity index (χ0n) is 42.8. The molecule has 0 aliphatic heterocycles. The second kappa shape index (κ2) is 14.8. The second-order valence-corrected chi connectivity index (χ2v) is 23.7.